The molecule has 0 amide bonds. The van der Waals surface area contributed by atoms with Crippen LogP contribution in [0, 0.1) is 6.92 Å². The molecule has 7 heteroatoms. The number of ether oxygens (including phenoxy) is 2. The lowest BCUT2D eigenvalue weighted by Crippen LogP contribution is -2.31. The molecule has 0 unspecified atom stereocenters. The Labute approximate surface area is 154 Å². The van der Waals surface area contributed by atoms with E-state index in [1.807, 2.05) is 30.0 Å². The van der Waals surface area contributed by atoms with Crippen LogP contribution in [-0.4, -0.2) is 73.7 Å². The molecule has 1 aromatic heterocycles. The van der Waals surface area contributed by atoms with Crippen LogP contribution in [0.3, 0.4) is 0 Å². The van der Waals surface area contributed by atoms with E-state index in [-0.39, 0.29) is 13.2 Å². The van der Waals surface area contributed by atoms with Crippen LogP contribution in [0.25, 0.3) is 10.9 Å². The normalized spacial score (nSPS) is 11.2. The molecular formula is C19H29N3O4. The van der Waals surface area contributed by atoms with Gasteiger partial charge in [-0.3, -0.25) is 4.90 Å². The van der Waals surface area contributed by atoms with E-state index in [9.17, 15) is 0 Å². The molecule has 0 saturated heterocycles. The molecule has 0 atom stereocenters. The van der Waals surface area contributed by atoms with E-state index in [0.29, 0.717) is 24.6 Å². The van der Waals surface area contributed by atoms with Crippen LogP contribution >= 0.6 is 0 Å². The summed E-state index contributed by atoms with van der Waals surface area (Å²) in [5.74, 6) is 2.17. The summed E-state index contributed by atoms with van der Waals surface area (Å²) < 4.78 is 10.7. The Morgan fingerprint density at radius 2 is 1.65 bits per heavy atom. The number of aryl methyl sites for hydroxylation is 1. The van der Waals surface area contributed by atoms with Gasteiger partial charge in [-0.05, 0) is 37.6 Å². The van der Waals surface area contributed by atoms with Gasteiger partial charge < -0.3 is 25.0 Å². The number of hydrogen-bond donors (Lipinski definition) is 3. The second kappa shape index (κ2) is 10.2. The Morgan fingerprint density at radius 1 is 1.00 bits per heavy atom. The summed E-state index contributed by atoms with van der Waals surface area (Å²) in [6.45, 7) is 4.98. The van der Waals surface area contributed by atoms with Gasteiger partial charge in [-0.25, -0.2) is 4.98 Å². The minimum absolute atomic E-state index is 0.101. The van der Waals surface area contributed by atoms with E-state index < -0.39 is 0 Å². The average molecular weight is 363 g/mol. The van der Waals surface area contributed by atoms with Crippen molar-refractivity contribution in [2.45, 2.75) is 13.3 Å². The van der Waals surface area contributed by atoms with Gasteiger partial charge in [0.2, 0.25) is 0 Å². The molecule has 0 aliphatic rings. The Balaban J connectivity index is 2.04. The molecule has 0 spiro atoms. The van der Waals surface area contributed by atoms with Gasteiger partial charge in [-0.1, -0.05) is 0 Å². The van der Waals surface area contributed by atoms with Crippen molar-refractivity contribution in [2.24, 2.45) is 0 Å². The fraction of sp³-hybridized carbons (Fsp3) is 0.526. The minimum atomic E-state index is 0.101. The number of aromatic nitrogens is 1. The molecule has 0 bridgehead atoms. The molecule has 1 aromatic carbocycles. The van der Waals surface area contributed by atoms with Gasteiger partial charge in [0.05, 0.1) is 33.0 Å². The molecule has 144 valence electrons. The van der Waals surface area contributed by atoms with Gasteiger partial charge in [0.1, 0.15) is 5.82 Å². The fourth-order valence-electron chi connectivity index (χ4n) is 2.95. The highest BCUT2D eigenvalue weighted by Crippen LogP contribution is 2.33. The van der Waals surface area contributed by atoms with E-state index in [1.54, 1.807) is 14.2 Å². The van der Waals surface area contributed by atoms with Gasteiger partial charge in [-0.15, -0.1) is 0 Å². The largest absolute Gasteiger partial charge is 0.493 e. The number of methoxy groups -OCH3 is 2. The van der Waals surface area contributed by atoms with E-state index >= 15 is 0 Å². The maximum Gasteiger partial charge on any atom is 0.162 e. The third-order valence-corrected chi connectivity index (χ3v) is 4.31. The number of hydrogen-bond acceptors (Lipinski definition) is 7. The highest BCUT2D eigenvalue weighted by molar-refractivity contribution is 5.87. The second-order valence-electron chi connectivity index (χ2n) is 6.12. The molecule has 2 rings (SSSR count). The molecule has 26 heavy (non-hydrogen) atoms. The number of nitrogens with one attached hydrogen (secondary N) is 1. The zero-order valence-electron chi connectivity index (χ0n) is 15.8. The summed E-state index contributed by atoms with van der Waals surface area (Å²) in [6, 6.07) is 5.85. The lowest BCUT2D eigenvalue weighted by atomic mass is 10.1. The molecule has 2 aromatic rings. The molecule has 0 fully saturated rings. The molecule has 0 radical (unpaired) electrons. The maximum absolute atomic E-state index is 9.04. The van der Waals surface area contributed by atoms with E-state index in [2.05, 4.69) is 10.3 Å². The first-order valence-electron chi connectivity index (χ1n) is 8.84. The quantitative estimate of drug-likeness (QED) is 0.523. The summed E-state index contributed by atoms with van der Waals surface area (Å²) >= 11 is 0. The molecular weight excluding hydrogens is 334 g/mol. The summed E-state index contributed by atoms with van der Waals surface area (Å²) in [4.78, 5) is 6.71. The molecule has 0 saturated carbocycles. The van der Waals surface area contributed by atoms with Crippen molar-refractivity contribution in [2.75, 3.05) is 58.9 Å². The number of aliphatic hydroxyl groups is 2. The zero-order valence-corrected chi connectivity index (χ0v) is 15.8. The number of benzene rings is 1. The summed E-state index contributed by atoms with van der Waals surface area (Å²) in [5, 5.41) is 22.5. The van der Waals surface area contributed by atoms with Gasteiger partial charge in [0, 0.05) is 31.1 Å². The van der Waals surface area contributed by atoms with Crippen molar-refractivity contribution in [1.82, 2.24) is 9.88 Å². The SMILES string of the molecule is COc1cc2nc(NCCCN(CCO)CCO)cc(C)c2cc1OC. The third-order valence-electron chi connectivity index (χ3n) is 4.31. The van der Waals surface area contributed by atoms with Crippen LogP contribution in [0.2, 0.25) is 0 Å². The number of anilines is 1. The van der Waals surface area contributed by atoms with E-state index in [0.717, 1.165) is 41.8 Å². The fourth-order valence-corrected chi connectivity index (χ4v) is 2.95. The topological polar surface area (TPSA) is 87.1 Å². The lowest BCUT2D eigenvalue weighted by Gasteiger charge is -2.20. The standard InChI is InChI=1S/C19H29N3O4/c1-14-11-19(20-5-4-6-22(7-9-23)8-10-24)21-16-13-18(26-3)17(25-2)12-15(14)16/h11-13,23-24H,4-10H2,1-3H3,(H,20,21). The third kappa shape index (κ3) is 5.20. The number of pyridine rings is 1. The van der Waals surface area contributed by atoms with Crippen LogP contribution in [0.5, 0.6) is 11.5 Å². The molecule has 0 aliphatic heterocycles. The lowest BCUT2D eigenvalue weighted by molar-refractivity contribution is 0.161. The highest BCUT2D eigenvalue weighted by Gasteiger charge is 2.10. The van der Waals surface area contributed by atoms with Crippen molar-refractivity contribution in [3.8, 4) is 11.5 Å². The number of fused-ring (bicyclic) bond motifs is 1. The second-order valence-corrected chi connectivity index (χ2v) is 6.12. The first kappa shape index (κ1) is 20.2. The number of aliphatic hydroxyl groups excluding tert-OH is 2. The first-order valence-corrected chi connectivity index (χ1v) is 8.84. The predicted octanol–water partition coefficient (Wildman–Crippen LogP) is 1.65. The van der Waals surface area contributed by atoms with Crippen molar-refractivity contribution in [1.29, 1.82) is 0 Å². The smallest absolute Gasteiger partial charge is 0.162 e. The molecule has 0 aliphatic carbocycles. The van der Waals surface area contributed by atoms with Crippen molar-refractivity contribution >= 4 is 16.7 Å². The summed E-state index contributed by atoms with van der Waals surface area (Å²) in [5.41, 5.74) is 1.97. The molecule has 7 nitrogen and oxygen atoms in total. The van der Waals surface area contributed by atoms with Gasteiger partial charge in [0.25, 0.3) is 0 Å². The van der Waals surface area contributed by atoms with Crippen molar-refractivity contribution in [3.05, 3.63) is 23.8 Å². The van der Waals surface area contributed by atoms with Crippen LogP contribution in [0.4, 0.5) is 5.82 Å². The van der Waals surface area contributed by atoms with E-state index in [4.69, 9.17) is 19.7 Å². The van der Waals surface area contributed by atoms with Gasteiger partial charge in [-0.2, -0.15) is 0 Å². The Bertz CT molecular complexity index is 703. The average Bonchev–Trinajstić information content (AvgIpc) is 2.64. The summed E-state index contributed by atoms with van der Waals surface area (Å²) in [6.07, 6.45) is 0.894. The zero-order chi connectivity index (χ0) is 18.9. The monoisotopic (exact) mass is 363 g/mol. The Kier molecular flexibility index (Phi) is 7.90. The minimum Gasteiger partial charge on any atom is -0.493 e. The Morgan fingerprint density at radius 3 is 2.27 bits per heavy atom. The maximum atomic E-state index is 9.04. The van der Waals surface area contributed by atoms with Crippen LogP contribution in [-0.2, 0) is 0 Å². The van der Waals surface area contributed by atoms with Crippen molar-refractivity contribution < 1.29 is 19.7 Å². The Hall–Kier alpha value is -2.09. The van der Waals surface area contributed by atoms with Crippen LogP contribution in [0.1, 0.15) is 12.0 Å². The van der Waals surface area contributed by atoms with Gasteiger partial charge in [0.15, 0.2) is 11.5 Å². The van der Waals surface area contributed by atoms with Crippen LogP contribution < -0.4 is 14.8 Å². The highest BCUT2D eigenvalue weighted by atomic mass is 16.5. The van der Waals surface area contributed by atoms with Crippen LogP contribution in [0.15, 0.2) is 18.2 Å². The molecule has 1 heterocycles. The first-order chi connectivity index (χ1) is 12.6. The van der Waals surface area contributed by atoms with Crippen molar-refractivity contribution in [3.63, 3.8) is 0 Å². The number of rotatable bonds is 11. The predicted molar refractivity (Wildman–Crippen MR) is 103 cm³/mol. The van der Waals surface area contributed by atoms with Gasteiger partial charge >= 0.3 is 0 Å². The summed E-state index contributed by atoms with van der Waals surface area (Å²) in [7, 11) is 3.24. The molecule has 3 N–H and O–H groups in total. The number of nitrogens with zero attached hydrogens (tertiary/aromatic N) is 2. The van der Waals surface area contributed by atoms with E-state index in [1.165, 1.54) is 0 Å².